The molecular weight excluding hydrogens is 370 g/mol. The molecular formula is C26H35N3O. The molecule has 0 aromatic carbocycles. The summed E-state index contributed by atoms with van der Waals surface area (Å²) in [5.74, 6) is 1.51. The molecule has 3 heterocycles. The van der Waals surface area contributed by atoms with Crippen LogP contribution in [0.2, 0.25) is 0 Å². The van der Waals surface area contributed by atoms with Gasteiger partial charge in [-0.1, -0.05) is 39.0 Å². The summed E-state index contributed by atoms with van der Waals surface area (Å²) >= 11 is 0. The number of ether oxygens (including phenoxy) is 1. The molecule has 30 heavy (non-hydrogen) atoms. The third kappa shape index (κ3) is 4.80. The molecule has 2 bridgehead atoms. The summed E-state index contributed by atoms with van der Waals surface area (Å²) in [5, 5.41) is 0. The summed E-state index contributed by atoms with van der Waals surface area (Å²) < 4.78 is 5.96. The summed E-state index contributed by atoms with van der Waals surface area (Å²) in [6, 6.07) is 6.18. The fourth-order valence-corrected chi connectivity index (χ4v) is 4.65. The Labute approximate surface area is 180 Å². The van der Waals surface area contributed by atoms with Crippen LogP contribution in [0, 0.1) is 5.92 Å². The lowest BCUT2D eigenvalue weighted by Crippen LogP contribution is -2.06. The van der Waals surface area contributed by atoms with Gasteiger partial charge < -0.3 is 14.7 Å². The summed E-state index contributed by atoms with van der Waals surface area (Å²) in [5.41, 5.74) is 6.96. The summed E-state index contributed by atoms with van der Waals surface area (Å²) in [7, 11) is 0. The number of H-pyrrole nitrogens is 2. The molecule has 4 rings (SSSR count). The third-order valence-corrected chi connectivity index (χ3v) is 6.24. The maximum atomic E-state index is 5.96. The van der Waals surface area contributed by atoms with Crippen molar-refractivity contribution in [2.24, 2.45) is 10.9 Å². The SMILES string of the molecule is CCCCC1CCCCCCC2=NC(=Cc3[nH]c(-c4ccc[nH]4)cc3OCC)C1=C2. The molecule has 1 atom stereocenters. The molecule has 0 saturated carbocycles. The largest absolute Gasteiger partial charge is 0.492 e. The molecule has 2 aromatic heterocycles. The molecule has 0 radical (unpaired) electrons. The Balaban J connectivity index is 1.69. The van der Waals surface area contributed by atoms with Crippen LogP contribution in [0.25, 0.3) is 17.5 Å². The van der Waals surface area contributed by atoms with Gasteiger partial charge >= 0.3 is 0 Å². The van der Waals surface area contributed by atoms with Gasteiger partial charge in [0.05, 0.1) is 29.4 Å². The molecule has 2 aliphatic rings. The lowest BCUT2D eigenvalue weighted by Gasteiger charge is -2.19. The minimum Gasteiger partial charge on any atom is -0.492 e. The van der Waals surface area contributed by atoms with Crippen LogP contribution in [0.15, 0.2) is 46.7 Å². The van der Waals surface area contributed by atoms with Gasteiger partial charge in [-0.3, -0.25) is 4.99 Å². The molecule has 0 amide bonds. The normalized spacial score (nSPS) is 20.9. The predicted octanol–water partition coefficient (Wildman–Crippen LogP) is 7.29. The number of aliphatic imine (C=N–C) groups is 1. The van der Waals surface area contributed by atoms with Crippen LogP contribution in [0.5, 0.6) is 5.75 Å². The number of nitrogens with zero attached hydrogens (tertiary/aromatic N) is 1. The first kappa shape index (κ1) is 20.8. The van der Waals surface area contributed by atoms with E-state index in [2.05, 4.69) is 41.2 Å². The van der Waals surface area contributed by atoms with Gasteiger partial charge in [0.1, 0.15) is 5.75 Å². The Kier molecular flexibility index (Phi) is 6.93. The van der Waals surface area contributed by atoms with E-state index in [1.54, 1.807) is 0 Å². The van der Waals surface area contributed by atoms with Crippen molar-refractivity contribution in [1.29, 1.82) is 0 Å². The van der Waals surface area contributed by atoms with Crippen molar-refractivity contribution in [3.63, 3.8) is 0 Å². The molecule has 1 aliphatic heterocycles. The molecule has 1 unspecified atom stereocenters. The molecule has 0 saturated heterocycles. The summed E-state index contributed by atoms with van der Waals surface area (Å²) in [4.78, 5) is 11.9. The first-order valence-corrected chi connectivity index (χ1v) is 11.8. The van der Waals surface area contributed by atoms with E-state index in [1.807, 2.05) is 19.2 Å². The van der Waals surface area contributed by atoms with Gasteiger partial charge in [0.25, 0.3) is 0 Å². The highest BCUT2D eigenvalue weighted by Gasteiger charge is 2.24. The number of hydrogen-bond donors (Lipinski definition) is 2. The van der Waals surface area contributed by atoms with Crippen LogP contribution in [-0.4, -0.2) is 22.3 Å². The summed E-state index contributed by atoms with van der Waals surface area (Å²) in [6.07, 6.45) is 18.0. The van der Waals surface area contributed by atoms with Crippen LogP contribution >= 0.6 is 0 Å². The number of nitrogens with one attached hydrogen (secondary N) is 2. The fraction of sp³-hybridized carbons (Fsp3) is 0.500. The topological polar surface area (TPSA) is 53.2 Å². The van der Waals surface area contributed by atoms with Crippen LogP contribution in [0.3, 0.4) is 0 Å². The number of rotatable bonds is 7. The monoisotopic (exact) mass is 405 g/mol. The zero-order valence-electron chi connectivity index (χ0n) is 18.5. The molecule has 1 aliphatic carbocycles. The van der Waals surface area contributed by atoms with Gasteiger partial charge in [-0.2, -0.15) is 0 Å². The van der Waals surface area contributed by atoms with E-state index in [0.29, 0.717) is 12.5 Å². The van der Waals surface area contributed by atoms with Crippen LogP contribution in [-0.2, 0) is 0 Å². The zero-order valence-corrected chi connectivity index (χ0v) is 18.5. The average molecular weight is 406 g/mol. The smallest absolute Gasteiger partial charge is 0.144 e. The molecule has 4 nitrogen and oxygen atoms in total. The van der Waals surface area contributed by atoms with Crippen molar-refractivity contribution in [3.8, 4) is 17.1 Å². The lowest BCUT2D eigenvalue weighted by atomic mass is 9.85. The highest BCUT2D eigenvalue weighted by Crippen LogP contribution is 2.37. The van der Waals surface area contributed by atoms with Gasteiger partial charge in [-0.15, -0.1) is 0 Å². The second kappa shape index (κ2) is 10.0. The zero-order chi connectivity index (χ0) is 20.8. The predicted molar refractivity (Wildman–Crippen MR) is 126 cm³/mol. The van der Waals surface area contributed by atoms with Crippen LogP contribution in [0.1, 0.15) is 77.3 Å². The van der Waals surface area contributed by atoms with E-state index in [-0.39, 0.29) is 0 Å². The Morgan fingerprint density at radius 2 is 2.07 bits per heavy atom. The van der Waals surface area contributed by atoms with Crippen LogP contribution in [0.4, 0.5) is 0 Å². The number of aromatic amines is 2. The molecule has 160 valence electrons. The van der Waals surface area contributed by atoms with E-state index >= 15 is 0 Å². The minimum absolute atomic E-state index is 0.615. The molecule has 0 spiro atoms. The highest BCUT2D eigenvalue weighted by molar-refractivity contribution is 6.00. The lowest BCUT2D eigenvalue weighted by molar-refractivity contribution is 0.340. The molecule has 0 fully saturated rings. The first-order valence-electron chi connectivity index (χ1n) is 11.8. The fourth-order valence-electron chi connectivity index (χ4n) is 4.65. The van der Waals surface area contributed by atoms with Crippen molar-refractivity contribution in [3.05, 3.63) is 47.4 Å². The summed E-state index contributed by atoms with van der Waals surface area (Å²) in [6.45, 7) is 4.97. The quantitative estimate of drug-likeness (QED) is 0.499. The van der Waals surface area contributed by atoms with Gasteiger partial charge in [0, 0.05) is 18.0 Å². The third-order valence-electron chi connectivity index (χ3n) is 6.24. The Morgan fingerprint density at radius 3 is 2.87 bits per heavy atom. The number of unbranched alkanes of at least 4 members (excludes halogenated alkanes) is 1. The van der Waals surface area contributed by atoms with Crippen molar-refractivity contribution in [2.75, 3.05) is 6.61 Å². The van der Waals surface area contributed by atoms with Crippen molar-refractivity contribution >= 4 is 11.8 Å². The van der Waals surface area contributed by atoms with E-state index in [4.69, 9.17) is 9.73 Å². The highest BCUT2D eigenvalue weighted by atomic mass is 16.5. The van der Waals surface area contributed by atoms with Crippen molar-refractivity contribution in [2.45, 2.75) is 71.6 Å². The number of hydrogen-bond acceptors (Lipinski definition) is 2. The Hall–Kier alpha value is -2.49. The molecule has 2 aromatic rings. The number of aromatic nitrogens is 2. The first-order chi connectivity index (χ1) is 14.8. The second-order valence-corrected chi connectivity index (χ2v) is 8.50. The maximum absolute atomic E-state index is 5.96. The Morgan fingerprint density at radius 1 is 1.17 bits per heavy atom. The average Bonchev–Trinajstić information content (AvgIpc) is 3.48. The van der Waals surface area contributed by atoms with Gasteiger partial charge in [-0.05, 0) is 68.4 Å². The molecule has 4 heteroatoms. The Bertz CT molecular complexity index is 914. The maximum Gasteiger partial charge on any atom is 0.144 e. The van der Waals surface area contributed by atoms with E-state index in [9.17, 15) is 0 Å². The van der Waals surface area contributed by atoms with Gasteiger partial charge in [-0.25, -0.2) is 0 Å². The van der Waals surface area contributed by atoms with Gasteiger partial charge in [0.2, 0.25) is 0 Å². The second-order valence-electron chi connectivity index (χ2n) is 8.50. The van der Waals surface area contributed by atoms with E-state index < -0.39 is 0 Å². The van der Waals surface area contributed by atoms with E-state index in [0.717, 1.165) is 34.9 Å². The van der Waals surface area contributed by atoms with E-state index in [1.165, 1.54) is 62.7 Å². The number of allylic oxidation sites excluding steroid dienone is 2. The van der Waals surface area contributed by atoms with Crippen LogP contribution < -0.4 is 4.74 Å². The minimum atomic E-state index is 0.615. The number of fused-ring (bicyclic) bond motifs is 1. The van der Waals surface area contributed by atoms with Crippen molar-refractivity contribution < 1.29 is 4.74 Å². The van der Waals surface area contributed by atoms with Gasteiger partial charge in [0.15, 0.2) is 0 Å². The van der Waals surface area contributed by atoms with Crippen molar-refractivity contribution in [1.82, 2.24) is 9.97 Å². The molecule has 2 N–H and O–H groups in total. The standard InChI is InChI=1S/C26H35N3O/c1-3-5-11-19-12-8-6-7-9-13-20-16-21(19)23(28-20)17-25-26(30-4-2)18-24(29-25)22-14-10-15-27-22/h10,14-19,27,29H,3-9,11-13H2,1-2H3.